The molecule has 0 atom stereocenters. The standard InChI is InChI=1S/C16H22N2O2/c1-4-16(5-2,11-19)18-15-13-7-6-8-14(20-3)12(13)9-10-17-15/h6-10,19H,4-5,11H2,1-3H3,(H,17,18). The molecule has 1 aromatic carbocycles. The van der Waals surface area contributed by atoms with Crippen LogP contribution in [0.3, 0.4) is 0 Å². The van der Waals surface area contributed by atoms with Gasteiger partial charge in [-0.2, -0.15) is 0 Å². The molecule has 2 N–H and O–H groups in total. The van der Waals surface area contributed by atoms with Crippen molar-refractivity contribution in [3.8, 4) is 5.75 Å². The van der Waals surface area contributed by atoms with Crippen molar-refractivity contribution >= 4 is 16.6 Å². The molecule has 0 unspecified atom stereocenters. The molecule has 1 aromatic heterocycles. The first-order valence-electron chi connectivity index (χ1n) is 7.00. The summed E-state index contributed by atoms with van der Waals surface area (Å²) in [5.74, 6) is 1.62. The number of nitrogens with one attached hydrogen (secondary N) is 1. The van der Waals surface area contributed by atoms with Crippen LogP contribution >= 0.6 is 0 Å². The summed E-state index contributed by atoms with van der Waals surface area (Å²) in [6.45, 7) is 4.22. The number of rotatable bonds is 6. The zero-order valence-electron chi connectivity index (χ0n) is 12.3. The van der Waals surface area contributed by atoms with E-state index in [4.69, 9.17) is 4.74 Å². The highest BCUT2D eigenvalue weighted by Gasteiger charge is 2.26. The van der Waals surface area contributed by atoms with Crippen LogP contribution in [0, 0.1) is 0 Å². The van der Waals surface area contributed by atoms with E-state index in [1.165, 1.54) is 0 Å². The molecule has 0 saturated carbocycles. The highest BCUT2D eigenvalue weighted by Crippen LogP contribution is 2.31. The van der Waals surface area contributed by atoms with Gasteiger partial charge in [-0.15, -0.1) is 0 Å². The number of aromatic nitrogens is 1. The second-order valence-corrected chi connectivity index (χ2v) is 4.99. The zero-order valence-corrected chi connectivity index (χ0v) is 12.3. The Labute approximate surface area is 119 Å². The van der Waals surface area contributed by atoms with Gasteiger partial charge in [0.25, 0.3) is 0 Å². The molecule has 0 radical (unpaired) electrons. The highest BCUT2D eigenvalue weighted by molar-refractivity contribution is 5.96. The Balaban J connectivity index is 2.50. The zero-order chi connectivity index (χ0) is 14.6. The fraction of sp³-hybridized carbons (Fsp3) is 0.438. The van der Waals surface area contributed by atoms with Gasteiger partial charge in [-0.25, -0.2) is 4.98 Å². The number of aliphatic hydroxyl groups is 1. The number of hydrogen-bond donors (Lipinski definition) is 2. The van der Waals surface area contributed by atoms with Crippen molar-refractivity contribution in [3.05, 3.63) is 30.5 Å². The van der Waals surface area contributed by atoms with Gasteiger partial charge in [-0.05, 0) is 25.0 Å². The molecule has 2 rings (SSSR count). The van der Waals surface area contributed by atoms with Crippen molar-refractivity contribution < 1.29 is 9.84 Å². The third kappa shape index (κ3) is 2.56. The molecule has 0 saturated heterocycles. The molecule has 108 valence electrons. The van der Waals surface area contributed by atoms with Crippen LogP contribution in [0.5, 0.6) is 5.75 Å². The van der Waals surface area contributed by atoms with Crippen LogP contribution in [-0.4, -0.2) is 29.3 Å². The maximum atomic E-state index is 9.70. The van der Waals surface area contributed by atoms with Crippen LogP contribution < -0.4 is 10.1 Å². The van der Waals surface area contributed by atoms with Crippen LogP contribution in [0.2, 0.25) is 0 Å². The third-order valence-corrected chi connectivity index (χ3v) is 4.03. The van der Waals surface area contributed by atoms with Crippen molar-refractivity contribution in [2.24, 2.45) is 0 Å². The summed E-state index contributed by atoms with van der Waals surface area (Å²) in [4.78, 5) is 4.43. The summed E-state index contributed by atoms with van der Waals surface area (Å²) in [7, 11) is 1.67. The number of benzene rings is 1. The lowest BCUT2D eigenvalue weighted by molar-refractivity contribution is 0.202. The van der Waals surface area contributed by atoms with Gasteiger partial charge < -0.3 is 15.2 Å². The summed E-state index contributed by atoms with van der Waals surface area (Å²) in [5.41, 5.74) is -0.329. The second-order valence-electron chi connectivity index (χ2n) is 4.99. The number of pyridine rings is 1. The Morgan fingerprint density at radius 1 is 1.20 bits per heavy atom. The van der Waals surface area contributed by atoms with Gasteiger partial charge in [0.2, 0.25) is 0 Å². The Morgan fingerprint density at radius 3 is 2.55 bits per heavy atom. The minimum atomic E-state index is -0.329. The summed E-state index contributed by atoms with van der Waals surface area (Å²) in [5, 5.41) is 15.1. The minimum absolute atomic E-state index is 0.0854. The third-order valence-electron chi connectivity index (χ3n) is 4.03. The summed E-state index contributed by atoms with van der Waals surface area (Å²) in [6.07, 6.45) is 3.44. The van der Waals surface area contributed by atoms with E-state index >= 15 is 0 Å². The van der Waals surface area contributed by atoms with Crippen LogP contribution in [0.15, 0.2) is 30.5 Å². The SMILES string of the molecule is CCC(CC)(CO)Nc1nccc2c(OC)cccc12. The molecule has 4 nitrogen and oxygen atoms in total. The number of aliphatic hydroxyl groups excluding tert-OH is 1. The van der Waals surface area contributed by atoms with Crippen molar-refractivity contribution in [1.29, 1.82) is 0 Å². The number of ether oxygens (including phenoxy) is 1. The maximum Gasteiger partial charge on any atom is 0.134 e. The van der Waals surface area contributed by atoms with E-state index in [2.05, 4.69) is 24.1 Å². The molecule has 0 aliphatic heterocycles. The van der Waals surface area contributed by atoms with Crippen molar-refractivity contribution in [3.63, 3.8) is 0 Å². The predicted molar refractivity (Wildman–Crippen MR) is 82.3 cm³/mol. The van der Waals surface area contributed by atoms with E-state index in [0.29, 0.717) is 0 Å². The monoisotopic (exact) mass is 274 g/mol. The maximum absolute atomic E-state index is 9.70. The van der Waals surface area contributed by atoms with Crippen molar-refractivity contribution in [1.82, 2.24) is 4.98 Å². The molecule has 0 aliphatic rings. The number of fused-ring (bicyclic) bond motifs is 1. The number of methoxy groups -OCH3 is 1. The molecule has 0 fully saturated rings. The van der Waals surface area contributed by atoms with E-state index in [1.807, 2.05) is 24.3 Å². The topological polar surface area (TPSA) is 54.4 Å². The van der Waals surface area contributed by atoms with Crippen molar-refractivity contribution in [2.45, 2.75) is 32.2 Å². The largest absolute Gasteiger partial charge is 0.496 e. The molecule has 0 bridgehead atoms. The lowest BCUT2D eigenvalue weighted by Gasteiger charge is -2.31. The van der Waals surface area contributed by atoms with E-state index < -0.39 is 0 Å². The van der Waals surface area contributed by atoms with Gasteiger partial charge in [0.1, 0.15) is 11.6 Å². The average molecular weight is 274 g/mol. The molecule has 20 heavy (non-hydrogen) atoms. The summed E-state index contributed by atoms with van der Waals surface area (Å²) >= 11 is 0. The predicted octanol–water partition coefficient (Wildman–Crippen LogP) is 3.21. The number of anilines is 1. The average Bonchev–Trinajstić information content (AvgIpc) is 2.52. The molecule has 0 amide bonds. The fourth-order valence-electron chi connectivity index (χ4n) is 2.40. The van der Waals surface area contributed by atoms with E-state index in [0.717, 1.165) is 35.2 Å². The molecule has 1 heterocycles. The molecule has 2 aromatic rings. The van der Waals surface area contributed by atoms with E-state index in [9.17, 15) is 5.11 Å². The Hall–Kier alpha value is -1.81. The summed E-state index contributed by atoms with van der Waals surface area (Å²) < 4.78 is 5.39. The quantitative estimate of drug-likeness (QED) is 0.849. The van der Waals surface area contributed by atoms with Crippen LogP contribution in [0.25, 0.3) is 10.8 Å². The molecular weight excluding hydrogens is 252 g/mol. The number of hydrogen-bond acceptors (Lipinski definition) is 4. The summed E-state index contributed by atoms with van der Waals surface area (Å²) in [6, 6.07) is 7.84. The highest BCUT2D eigenvalue weighted by atomic mass is 16.5. The molecule has 0 aliphatic carbocycles. The molecular formula is C16H22N2O2. The van der Waals surface area contributed by atoms with Crippen LogP contribution in [0.1, 0.15) is 26.7 Å². The lowest BCUT2D eigenvalue weighted by Crippen LogP contribution is -2.41. The van der Waals surface area contributed by atoms with Gasteiger partial charge in [0.15, 0.2) is 0 Å². The Bertz CT molecular complexity index is 571. The van der Waals surface area contributed by atoms with E-state index in [-0.39, 0.29) is 12.1 Å². The first-order valence-corrected chi connectivity index (χ1v) is 7.00. The Kier molecular flexibility index (Phi) is 4.45. The fourth-order valence-corrected chi connectivity index (χ4v) is 2.40. The molecule has 4 heteroatoms. The van der Waals surface area contributed by atoms with Gasteiger partial charge in [0.05, 0.1) is 19.3 Å². The van der Waals surface area contributed by atoms with Gasteiger partial charge in [-0.1, -0.05) is 26.0 Å². The normalized spacial score (nSPS) is 11.6. The van der Waals surface area contributed by atoms with Crippen molar-refractivity contribution in [2.75, 3.05) is 19.0 Å². The van der Waals surface area contributed by atoms with Gasteiger partial charge in [0, 0.05) is 17.0 Å². The van der Waals surface area contributed by atoms with Gasteiger partial charge >= 0.3 is 0 Å². The lowest BCUT2D eigenvalue weighted by atomic mass is 9.93. The van der Waals surface area contributed by atoms with Crippen LogP contribution in [-0.2, 0) is 0 Å². The molecule has 0 spiro atoms. The van der Waals surface area contributed by atoms with E-state index in [1.54, 1.807) is 13.3 Å². The Morgan fingerprint density at radius 2 is 1.95 bits per heavy atom. The smallest absolute Gasteiger partial charge is 0.134 e. The first-order chi connectivity index (χ1) is 9.69. The number of nitrogens with zero attached hydrogens (tertiary/aromatic N) is 1. The second kappa shape index (κ2) is 6.09. The first kappa shape index (κ1) is 14.6. The van der Waals surface area contributed by atoms with Crippen LogP contribution in [0.4, 0.5) is 5.82 Å². The minimum Gasteiger partial charge on any atom is -0.496 e. The van der Waals surface area contributed by atoms with Gasteiger partial charge in [-0.3, -0.25) is 0 Å².